The Morgan fingerprint density at radius 3 is 2.52 bits per heavy atom. The van der Waals surface area contributed by atoms with E-state index in [9.17, 15) is 18.0 Å². The fourth-order valence-electron chi connectivity index (χ4n) is 2.76. The summed E-state index contributed by atoms with van der Waals surface area (Å²) >= 11 is 5.76. The SMILES string of the molecule is CC(NS(=O)(=O)c1ccc(Cl)cc1)C(=O)c1ccc2c(c1)CC(C(=O)O)O2. The van der Waals surface area contributed by atoms with E-state index in [1.54, 1.807) is 0 Å². The largest absolute Gasteiger partial charge is 0.478 e. The van der Waals surface area contributed by atoms with Crippen LogP contribution in [-0.4, -0.2) is 37.4 Å². The number of fused-ring (bicyclic) bond motifs is 1. The lowest BCUT2D eigenvalue weighted by Crippen LogP contribution is -2.38. The Labute approximate surface area is 161 Å². The predicted octanol–water partition coefficient (Wildman–Crippen LogP) is 2.28. The topological polar surface area (TPSA) is 110 Å². The first-order valence-electron chi connectivity index (χ1n) is 8.02. The van der Waals surface area contributed by atoms with Gasteiger partial charge in [-0.05, 0) is 55.0 Å². The van der Waals surface area contributed by atoms with Crippen molar-refractivity contribution in [2.24, 2.45) is 0 Å². The lowest BCUT2D eigenvalue weighted by Gasteiger charge is -2.14. The molecular weight excluding hydrogens is 394 g/mol. The number of ether oxygens (including phenoxy) is 1. The van der Waals surface area contributed by atoms with Crippen LogP contribution in [0, 0.1) is 0 Å². The average Bonchev–Trinajstić information content (AvgIpc) is 3.04. The van der Waals surface area contributed by atoms with E-state index in [0.717, 1.165) is 0 Å². The maximum Gasteiger partial charge on any atom is 0.345 e. The van der Waals surface area contributed by atoms with Crippen molar-refractivity contribution >= 4 is 33.4 Å². The Morgan fingerprint density at radius 1 is 1.22 bits per heavy atom. The summed E-state index contributed by atoms with van der Waals surface area (Å²) in [4.78, 5) is 23.6. The second kappa shape index (κ2) is 7.30. The van der Waals surface area contributed by atoms with Crippen molar-refractivity contribution < 1.29 is 27.9 Å². The van der Waals surface area contributed by atoms with E-state index in [2.05, 4.69) is 4.72 Å². The molecule has 1 aliphatic heterocycles. The van der Waals surface area contributed by atoms with Gasteiger partial charge in [-0.3, -0.25) is 4.79 Å². The zero-order valence-electron chi connectivity index (χ0n) is 14.2. The third-order valence-corrected chi connectivity index (χ3v) is 5.95. The zero-order valence-corrected chi connectivity index (χ0v) is 15.8. The summed E-state index contributed by atoms with van der Waals surface area (Å²) in [6.45, 7) is 1.44. The number of rotatable bonds is 6. The number of carboxylic acid groups (broad SMARTS) is 1. The van der Waals surface area contributed by atoms with Crippen molar-refractivity contribution in [2.45, 2.75) is 30.4 Å². The molecule has 1 aliphatic rings. The number of benzene rings is 2. The summed E-state index contributed by atoms with van der Waals surface area (Å²) in [6, 6.07) is 9.12. The molecule has 2 unspecified atom stereocenters. The van der Waals surface area contributed by atoms with E-state index in [0.29, 0.717) is 16.3 Å². The monoisotopic (exact) mass is 409 g/mol. The van der Waals surface area contributed by atoms with E-state index in [4.69, 9.17) is 21.4 Å². The van der Waals surface area contributed by atoms with Crippen molar-refractivity contribution in [2.75, 3.05) is 0 Å². The number of halogens is 1. The van der Waals surface area contributed by atoms with Crippen LogP contribution >= 0.6 is 11.6 Å². The van der Waals surface area contributed by atoms with Crippen molar-refractivity contribution in [3.63, 3.8) is 0 Å². The van der Waals surface area contributed by atoms with E-state index < -0.39 is 33.9 Å². The molecular formula is C18H16ClNO6S. The number of nitrogens with one attached hydrogen (secondary N) is 1. The van der Waals surface area contributed by atoms with Gasteiger partial charge in [0.1, 0.15) is 5.75 Å². The molecule has 9 heteroatoms. The van der Waals surface area contributed by atoms with Crippen LogP contribution < -0.4 is 9.46 Å². The minimum Gasteiger partial charge on any atom is -0.478 e. The molecule has 142 valence electrons. The summed E-state index contributed by atoms with van der Waals surface area (Å²) in [6.07, 6.45) is -0.831. The van der Waals surface area contributed by atoms with Gasteiger partial charge in [0.2, 0.25) is 10.0 Å². The Kier molecular flexibility index (Phi) is 5.23. The molecule has 27 heavy (non-hydrogen) atoms. The highest BCUT2D eigenvalue weighted by Gasteiger charge is 2.30. The van der Waals surface area contributed by atoms with Crippen LogP contribution in [0.1, 0.15) is 22.8 Å². The average molecular weight is 410 g/mol. The number of hydrogen-bond donors (Lipinski definition) is 2. The second-order valence-corrected chi connectivity index (χ2v) is 8.28. The highest BCUT2D eigenvalue weighted by molar-refractivity contribution is 7.89. The fraction of sp³-hybridized carbons (Fsp3) is 0.222. The molecule has 2 aromatic rings. The molecule has 2 N–H and O–H groups in total. The van der Waals surface area contributed by atoms with E-state index in [-0.39, 0.29) is 16.9 Å². The minimum absolute atomic E-state index is 0.00166. The van der Waals surface area contributed by atoms with Gasteiger partial charge in [0.15, 0.2) is 11.9 Å². The first kappa shape index (κ1) is 19.3. The molecule has 2 aromatic carbocycles. The molecule has 0 fully saturated rings. The Morgan fingerprint density at radius 2 is 1.89 bits per heavy atom. The number of carbonyl (C=O) groups is 2. The summed E-state index contributed by atoms with van der Waals surface area (Å²) < 4.78 is 32.4. The third kappa shape index (κ3) is 4.13. The summed E-state index contributed by atoms with van der Waals surface area (Å²) in [5.74, 6) is -1.11. The third-order valence-electron chi connectivity index (χ3n) is 4.14. The van der Waals surface area contributed by atoms with Crippen molar-refractivity contribution in [3.05, 3.63) is 58.6 Å². The van der Waals surface area contributed by atoms with Crippen LogP contribution in [0.4, 0.5) is 0 Å². The first-order chi connectivity index (χ1) is 12.7. The molecule has 0 amide bonds. The number of carboxylic acids is 1. The number of hydrogen-bond acceptors (Lipinski definition) is 5. The molecule has 7 nitrogen and oxygen atoms in total. The van der Waals surface area contributed by atoms with Crippen molar-refractivity contribution in [1.29, 1.82) is 0 Å². The fourth-order valence-corrected chi connectivity index (χ4v) is 4.09. The van der Waals surface area contributed by atoms with Gasteiger partial charge in [-0.25, -0.2) is 17.9 Å². The van der Waals surface area contributed by atoms with E-state index >= 15 is 0 Å². The number of sulfonamides is 1. The molecule has 0 aromatic heterocycles. The normalized spacial score (nSPS) is 17.0. The van der Waals surface area contributed by atoms with Crippen molar-refractivity contribution in [1.82, 2.24) is 4.72 Å². The van der Waals surface area contributed by atoms with E-state index in [1.165, 1.54) is 49.4 Å². The van der Waals surface area contributed by atoms with Crippen LogP contribution in [0.5, 0.6) is 5.75 Å². The highest BCUT2D eigenvalue weighted by Crippen LogP contribution is 2.30. The maximum atomic E-state index is 12.6. The molecule has 1 heterocycles. The summed E-state index contributed by atoms with van der Waals surface area (Å²) in [7, 11) is -3.89. The van der Waals surface area contributed by atoms with Gasteiger partial charge in [0.05, 0.1) is 10.9 Å². The van der Waals surface area contributed by atoms with Gasteiger partial charge in [-0.2, -0.15) is 0 Å². The second-order valence-electron chi connectivity index (χ2n) is 6.13. The zero-order chi connectivity index (χ0) is 19.8. The molecule has 0 bridgehead atoms. The summed E-state index contributed by atoms with van der Waals surface area (Å²) in [5.41, 5.74) is 0.871. The summed E-state index contributed by atoms with van der Waals surface area (Å²) in [5, 5.41) is 9.43. The van der Waals surface area contributed by atoms with Gasteiger partial charge < -0.3 is 9.84 Å². The van der Waals surface area contributed by atoms with Gasteiger partial charge >= 0.3 is 5.97 Å². The maximum absolute atomic E-state index is 12.6. The highest BCUT2D eigenvalue weighted by atomic mass is 35.5. The number of ketones is 1. The minimum atomic E-state index is -3.89. The number of Topliss-reactive ketones (excluding diaryl/α,β-unsaturated/α-hetero) is 1. The van der Waals surface area contributed by atoms with Gasteiger partial charge in [0, 0.05) is 17.0 Å². The molecule has 0 radical (unpaired) electrons. The van der Waals surface area contributed by atoms with Crippen LogP contribution in [0.25, 0.3) is 0 Å². The first-order valence-corrected chi connectivity index (χ1v) is 9.88. The van der Waals surface area contributed by atoms with Gasteiger partial charge in [-0.1, -0.05) is 11.6 Å². The van der Waals surface area contributed by atoms with Crippen LogP contribution in [0.3, 0.4) is 0 Å². The Bertz CT molecular complexity index is 1000. The van der Waals surface area contributed by atoms with E-state index in [1.807, 2.05) is 0 Å². The molecule has 0 aliphatic carbocycles. The predicted molar refractivity (Wildman–Crippen MR) is 97.8 cm³/mol. The Hall–Kier alpha value is -2.42. The number of carbonyl (C=O) groups excluding carboxylic acids is 1. The molecule has 0 saturated heterocycles. The van der Waals surface area contributed by atoms with Crippen LogP contribution in [0.2, 0.25) is 5.02 Å². The lowest BCUT2D eigenvalue weighted by molar-refractivity contribution is -0.144. The molecule has 2 atom stereocenters. The molecule has 0 spiro atoms. The quantitative estimate of drug-likeness (QED) is 0.708. The molecule has 3 rings (SSSR count). The lowest BCUT2D eigenvalue weighted by atomic mass is 10.0. The smallest absolute Gasteiger partial charge is 0.345 e. The van der Waals surface area contributed by atoms with Crippen LogP contribution in [-0.2, 0) is 21.2 Å². The van der Waals surface area contributed by atoms with Gasteiger partial charge in [-0.15, -0.1) is 0 Å². The van der Waals surface area contributed by atoms with Crippen LogP contribution in [0.15, 0.2) is 47.4 Å². The van der Waals surface area contributed by atoms with Crippen molar-refractivity contribution in [3.8, 4) is 5.75 Å². The van der Waals surface area contributed by atoms with Gasteiger partial charge in [0.25, 0.3) is 0 Å². The molecule has 0 saturated carbocycles. The number of aliphatic carboxylic acids is 1. The standard InChI is InChI=1S/C18H16ClNO6S/c1-10(20-27(24,25)14-5-3-13(19)4-6-14)17(21)11-2-7-15-12(8-11)9-16(26-15)18(22)23/h2-8,10,16,20H,9H2,1H3,(H,22,23). The Balaban J connectivity index is 1.76.